The maximum atomic E-state index is 11.3. The molecule has 0 unspecified atom stereocenters. The first kappa shape index (κ1) is 13.9. The van der Waals surface area contributed by atoms with Crippen LogP contribution in [0.3, 0.4) is 0 Å². The molecule has 0 atom stereocenters. The zero-order valence-corrected chi connectivity index (χ0v) is 9.75. The molecule has 0 aliphatic rings. The van der Waals surface area contributed by atoms with Crippen molar-refractivity contribution in [3.63, 3.8) is 0 Å². The van der Waals surface area contributed by atoms with Gasteiger partial charge in [-0.2, -0.15) is 0 Å². The van der Waals surface area contributed by atoms with E-state index in [1.165, 1.54) is 0 Å². The van der Waals surface area contributed by atoms with Gasteiger partial charge in [0.25, 0.3) is 0 Å². The molecular weight excluding hydrogens is 198 g/mol. The molecule has 0 fully saturated rings. The largest absolute Gasteiger partial charge is 0.465 e. The van der Waals surface area contributed by atoms with Gasteiger partial charge in [0.2, 0.25) is 5.91 Å². The fourth-order valence-corrected chi connectivity index (χ4v) is 0.904. The average Bonchev–Trinajstić information content (AvgIpc) is 2.15. The molecule has 1 amide bonds. The summed E-state index contributed by atoms with van der Waals surface area (Å²) in [7, 11) is 1.54. The van der Waals surface area contributed by atoms with Crippen molar-refractivity contribution in [1.29, 1.82) is 0 Å². The molecule has 5 heteroatoms. The summed E-state index contributed by atoms with van der Waals surface area (Å²) in [6.45, 7) is 5.55. The Balaban J connectivity index is 3.80. The summed E-state index contributed by atoms with van der Waals surface area (Å²) in [4.78, 5) is 22.2. The van der Waals surface area contributed by atoms with Crippen LogP contribution >= 0.6 is 0 Å². The van der Waals surface area contributed by atoms with E-state index in [1.807, 2.05) is 0 Å². The van der Waals surface area contributed by atoms with Crippen molar-refractivity contribution in [2.24, 2.45) is 0 Å². The molecule has 88 valence electrons. The van der Waals surface area contributed by atoms with Gasteiger partial charge in [-0.05, 0) is 20.8 Å². The number of hydrogen-bond acceptors (Lipinski definition) is 4. The van der Waals surface area contributed by atoms with Crippen LogP contribution in [0.15, 0.2) is 0 Å². The third kappa shape index (κ3) is 6.90. The molecule has 0 saturated carbocycles. The molecule has 0 aliphatic heterocycles. The standard InChI is InChI=1S/C10H19NO4/c1-5-15-9(13)7-11-8(12)6-10(2,3)14-4/h5-7H2,1-4H3,(H,11,12). The summed E-state index contributed by atoms with van der Waals surface area (Å²) < 4.78 is 9.75. The summed E-state index contributed by atoms with van der Waals surface area (Å²) >= 11 is 0. The second kappa shape index (κ2) is 6.40. The smallest absolute Gasteiger partial charge is 0.325 e. The molecule has 1 N–H and O–H groups in total. The molecule has 0 rings (SSSR count). The van der Waals surface area contributed by atoms with E-state index < -0.39 is 11.6 Å². The Kier molecular flexibility index (Phi) is 5.93. The topological polar surface area (TPSA) is 64.6 Å². The fraction of sp³-hybridized carbons (Fsp3) is 0.800. The molecule has 0 aromatic heterocycles. The first-order valence-corrected chi connectivity index (χ1v) is 4.88. The van der Waals surface area contributed by atoms with Gasteiger partial charge in [-0.1, -0.05) is 0 Å². The SMILES string of the molecule is CCOC(=O)CNC(=O)CC(C)(C)OC. The van der Waals surface area contributed by atoms with Gasteiger partial charge >= 0.3 is 5.97 Å². The average molecular weight is 217 g/mol. The van der Waals surface area contributed by atoms with Crippen molar-refractivity contribution >= 4 is 11.9 Å². The molecule has 0 bridgehead atoms. The van der Waals surface area contributed by atoms with Gasteiger partial charge in [0.15, 0.2) is 0 Å². The van der Waals surface area contributed by atoms with Gasteiger partial charge in [-0.3, -0.25) is 9.59 Å². The number of ether oxygens (including phenoxy) is 2. The minimum absolute atomic E-state index is 0.0908. The number of carbonyl (C=O) groups excluding carboxylic acids is 2. The number of hydrogen-bond donors (Lipinski definition) is 1. The van der Waals surface area contributed by atoms with Gasteiger partial charge in [0.05, 0.1) is 18.6 Å². The highest BCUT2D eigenvalue weighted by molar-refractivity contribution is 5.82. The number of nitrogens with one attached hydrogen (secondary N) is 1. The van der Waals surface area contributed by atoms with Crippen molar-refractivity contribution in [1.82, 2.24) is 5.32 Å². The van der Waals surface area contributed by atoms with Crippen LogP contribution in [0.5, 0.6) is 0 Å². The Hall–Kier alpha value is -1.10. The molecule has 0 spiro atoms. The number of methoxy groups -OCH3 is 1. The summed E-state index contributed by atoms with van der Waals surface area (Å²) in [5, 5.41) is 2.46. The van der Waals surface area contributed by atoms with E-state index in [0.29, 0.717) is 6.61 Å². The second-order valence-corrected chi connectivity index (χ2v) is 3.72. The second-order valence-electron chi connectivity index (χ2n) is 3.72. The maximum Gasteiger partial charge on any atom is 0.325 e. The van der Waals surface area contributed by atoms with E-state index in [9.17, 15) is 9.59 Å². The third-order valence-corrected chi connectivity index (χ3v) is 1.87. The van der Waals surface area contributed by atoms with Crippen LogP contribution in [0.4, 0.5) is 0 Å². The quantitative estimate of drug-likeness (QED) is 0.657. The molecule has 0 heterocycles. The first-order valence-electron chi connectivity index (χ1n) is 4.88. The van der Waals surface area contributed by atoms with E-state index in [2.05, 4.69) is 10.1 Å². The van der Waals surface area contributed by atoms with Gasteiger partial charge in [0.1, 0.15) is 6.54 Å². The first-order chi connectivity index (χ1) is 6.91. The van der Waals surface area contributed by atoms with E-state index in [-0.39, 0.29) is 18.9 Å². The Morgan fingerprint density at radius 2 is 1.93 bits per heavy atom. The Morgan fingerprint density at radius 3 is 2.40 bits per heavy atom. The zero-order chi connectivity index (χ0) is 11.9. The van der Waals surface area contributed by atoms with Crippen LogP contribution in [0.2, 0.25) is 0 Å². The molecule has 0 aromatic carbocycles. The van der Waals surface area contributed by atoms with Gasteiger partial charge in [-0.25, -0.2) is 0 Å². The molecule has 15 heavy (non-hydrogen) atoms. The summed E-state index contributed by atoms with van der Waals surface area (Å²) in [6, 6.07) is 0. The highest BCUT2D eigenvalue weighted by Gasteiger charge is 2.21. The van der Waals surface area contributed by atoms with E-state index in [0.717, 1.165) is 0 Å². The monoisotopic (exact) mass is 217 g/mol. The lowest BCUT2D eigenvalue weighted by atomic mass is 10.1. The highest BCUT2D eigenvalue weighted by Crippen LogP contribution is 2.11. The summed E-state index contributed by atoms with van der Waals surface area (Å²) in [5.74, 6) is -0.657. The predicted molar refractivity (Wildman–Crippen MR) is 55.3 cm³/mol. The molecule has 0 aliphatic carbocycles. The van der Waals surface area contributed by atoms with Gasteiger partial charge in [-0.15, -0.1) is 0 Å². The third-order valence-electron chi connectivity index (χ3n) is 1.87. The number of rotatable bonds is 6. The summed E-state index contributed by atoms with van der Waals surface area (Å²) in [5.41, 5.74) is -0.515. The fourth-order valence-electron chi connectivity index (χ4n) is 0.904. The molecule has 0 saturated heterocycles. The van der Waals surface area contributed by atoms with Crippen LogP contribution in [-0.4, -0.2) is 37.7 Å². The lowest BCUT2D eigenvalue weighted by Crippen LogP contribution is -2.36. The Labute approximate surface area is 90.1 Å². The lowest BCUT2D eigenvalue weighted by Gasteiger charge is -2.21. The van der Waals surface area contributed by atoms with Crippen molar-refractivity contribution in [2.45, 2.75) is 32.8 Å². The van der Waals surface area contributed by atoms with Crippen LogP contribution in [-0.2, 0) is 19.1 Å². The molecular formula is C10H19NO4. The normalized spacial score (nSPS) is 10.9. The number of amides is 1. The van der Waals surface area contributed by atoms with Crippen LogP contribution < -0.4 is 5.32 Å². The molecule has 5 nitrogen and oxygen atoms in total. The number of esters is 1. The maximum absolute atomic E-state index is 11.3. The van der Waals surface area contributed by atoms with Crippen LogP contribution in [0, 0.1) is 0 Å². The Morgan fingerprint density at radius 1 is 1.33 bits per heavy atom. The minimum atomic E-state index is -0.515. The van der Waals surface area contributed by atoms with Gasteiger partial charge in [0, 0.05) is 7.11 Å². The predicted octanol–water partition coefficient (Wildman–Crippen LogP) is 0.481. The highest BCUT2D eigenvalue weighted by atomic mass is 16.5. The van der Waals surface area contributed by atoms with Crippen molar-refractivity contribution in [3.05, 3.63) is 0 Å². The van der Waals surface area contributed by atoms with Crippen molar-refractivity contribution < 1.29 is 19.1 Å². The van der Waals surface area contributed by atoms with Crippen molar-refractivity contribution in [2.75, 3.05) is 20.3 Å². The zero-order valence-electron chi connectivity index (χ0n) is 9.75. The number of carbonyl (C=O) groups is 2. The molecule has 0 aromatic rings. The molecule has 0 radical (unpaired) electrons. The van der Waals surface area contributed by atoms with Crippen LogP contribution in [0.1, 0.15) is 27.2 Å². The summed E-state index contributed by atoms with van der Waals surface area (Å²) in [6.07, 6.45) is 0.211. The Bertz CT molecular complexity index is 225. The minimum Gasteiger partial charge on any atom is -0.465 e. The van der Waals surface area contributed by atoms with Gasteiger partial charge < -0.3 is 14.8 Å². The van der Waals surface area contributed by atoms with E-state index >= 15 is 0 Å². The van der Waals surface area contributed by atoms with Crippen molar-refractivity contribution in [3.8, 4) is 0 Å². The lowest BCUT2D eigenvalue weighted by molar-refractivity contribution is -0.144. The van der Waals surface area contributed by atoms with E-state index in [4.69, 9.17) is 4.74 Å². The van der Waals surface area contributed by atoms with Crippen LogP contribution in [0.25, 0.3) is 0 Å². The van der Waals surface area contributed by atoms with E-state index in [1.54, 1.807) is 27.9 Å².